The molecular formula is C24H23Cl3N6O2S. The second kappa shape index (κ2) is 12.2. The fourth-order valence-corrected chi connectivity index (χ4v) is 4.69. The molecule has 3 aromatic heterocycles. The molecule has 0 fully saturated rings. The second-order valence-corrected chi connectivity index (χ2v) is 8.84. The van der Waals surface area contributed by atoms with Gasteiger partial charge in [0.1, 0.15) is 23.3 Å². The van der Waals surface area contributed by atoms with Crippen LogP contribution in [0.3, 0.4) is 0 Å². The lowest BCUT2D eigenvalue weighted by atomic mass is 10.2. The van der Waals surface area contributed by atoms with Gasteiger partial charge in [-0.3, -0.25) is 4.79 Å². The Bertz CT molecular complexity index is 1490. The number of fused-ring (bicyclic) bond motifs is 2. The molecule has 188 valence electrons. The predicted octanol–water partition coefficient (Wildman–Crippen LogP) is 5.75. The Kier molecular flexibility index (Phi) is 9.36. The van der Waals surface area contributed by atoms with Gasteiger partial charge in [0.25, 0.3) is 0 Å². The number of nitrogens with two attached hydrogens (primary N) is 1. The van der Waals surface area contributed by atoms with Crippen molar-refractivity contribution in [2.45, 2.75) is 6.54 Å². The smallest absolute Gasteiger partial charge is 0.233 e. The average Bonchev–Trinajstić information content (AvgIpc) is 3.49. The van der Waals surface area contributed by atoms with Crippen LogP contribution in [0, 0.1) is 0 Å². The van der Waals surface area contributed by atoms with Crippen molar-refractivity contribution in [1.29, 1.82) is 0 Å². The lowest BCUT2D eigenvalue weighted by molar-refractivity contribution is -0.119. The first-order valence-electron chi connectivity index (χ1n) is 10.6. The summed E-state index contributed by atoms with van der Waals surface area (Å²) in [5, 5.41) is 9.66. The van der Waals surface area contributed by atoms with Crippen molar-refractivity contribution in [2.24, 2.45) is 5.73 Å². The first kappa shape index (κ1) is 27.5. The van der Waals surface area contributed by atoms with E-state index in [0.29, 0.717) is 29.7 Å². The Labute approximate surface area is 228 Å². The molecule has 5 rings (SSSR count). The molecule has 0 unspecified atom stereocenters. The first-order chi connectivity index (χ1) is 16.6. The number of thiophene rings is 1. The summed E-state index contributed by atoms with van der Waals surface area (Å²) in [5.41, 5.74) is 7.72. The molecule has 0 spiro atoms. The zero-order valence-corrected chi connectivity index (χ0v) is 22.0. The minimum atomic E-state index is -0.196. The van der Waals surface area contributed by atoms with E-state index in [9.17, 15) is 4.79 Å². The Morgan fingerprint density at radius 1 is 1.11 bits per heavy atom. The van der Waals surface area contributed by atoms with Crippen molar-refractivity contribution in [2.75, 3.05) is 18.4 Å². The van der Waals surface area contributed by atoms with E-state index in [0.717, 1.165) is 32.6 Å². The van der Waals surface area contributed by atoms with Gasteiger partial charge in [-0.1, -0.05) is 17.7 Å². The summed E-state index contributed by atoms with van der Waals surface area (Å²) in [5.74, 6) is 1.77. The summed E-state index contributed by atoms with van der Waals surface area (Å²) in [6.07, 6.45) is 3.42. The van der Waals surface area contributed by atoms with Crippen molar-refractivity contribution in [3.05, 3.63) is 71.5 Å². The zero-order valence-electron chi connectivity index (χ0n) is 18.8. The van der Waals surface area contributed by atoms with Crippen molar-refractivity contribution >= 4 is 86.3 Å². The van der Waals surface area contributed by atoms with E-state index in [1.54, 1.807) is 17.4 Å². The number of carbonyl (C=O) groups excluding carboxylic acids is 1. The molecule has 0 aliphatic heterocycles. The van der Waals surface area contributed by atoms with Crippen molar-refractivity contribution < 1.29 is 9.53 Å². The summed E-state index contributed by atoms with van der Waals surface area (Å²) in [6, 6.07) is 15.4. The minimum absolute atomic E-state index is 0. The number of carbonyl (C=O) groups is 1. The Balaban J connectivity index is 0.00000180. The highest BCUT2D eigenvalue weighted by atomic mass is 35.5. The fourth-order valence-electron chi connectivity index (χ4n) is 3.67. The highest BCUT2D eigenvalue weighted by Crippen LogP contribution is 2.37. The van der Waals surface area contributed by atoms with Crippen molar-refractivity contribution in [3.8, 4) is 11.5 Å². The topological polar surface area (TPSA) is 107 Å². The number of halogens is 3. The number of rotatable bonds is 8. The summed E-state index contributed by atoms with van der Waals surface area (Å²) in [7, 11) is 0. The molecule has 0 aliphatic carbocycles. The van der Waals surface area contributed by atoms with Gasteiger partial charge in [0.2, 0.25) is 5.91 Å². The zero-order chi connectivity index (χ0) is 23.5. The number of amides is 1. The van der Waals surface area contributed by atoms with Crippen LogP contribution < -0.4 is 21.1 Å². The molecule has 2 aromatic carbocycles. The highest BCUT2D eigenvalue weighted by Gasteiger charge is 2.12. The third-order valence-electron chi connectivity index (χ3n) is 5.28. The van der Waals surface area contributed by atoms with Crippen LogP contribution in [0.5, 0.6) is 11.5 Å². The molecule has 1 amide bonds. The molecule has 4 N–H and O–H groups in total. The van der Waals surface area contributed by atoms with Crippen LogP contribution in [-0.2, 0) is 11.3 Å². The van der Waals surface area contributed by atoms with E-state index >= 15 is 0 Å². The normalized spacial score (nSPS) is 10.5. The molecule has 3 heterocycles. The van der Waals surface area contributed by atoms with Crippen LogP contribution in [0.2, 0.25) is 5.02 Å². The number of ether oxygens (including phenoxy) is 1. The molecule has 0 saturated carbocycles. The maximum Gasteiger partial charge on any atom is 0.233 e. The summed E-state index contributed by atoms with van der Waals surface area (Å²) in [4.78, 5) is 20.2. The van der Waals surface area contributed by atoms with Gasteiger partial charge in [0, 0.05) is 35.1 Å². The van der Waals surface area contributed by atoms with Gasteiger partial charge >= 0.3 is 0 Å². The van der Waals surface area contributed by atoms with Crippen LogP contribution in [-0.4, -0.2) is 33.5 Å². The average molecular weight is 566 g/mol. The number of nitrogens with zero attached hydrogens (tertiary/aromatic N) is 3. The van der Waals surface area contributed by atoms with E-state index in [1.807, 2.05) is 52.5 Å². The van der Waals surface area contributed by atoms with Gasteiger partial charge in [0.15, 0.2) is 5.82 Å². The number of hydrogen-bond donors (Lipinski definition) is 3. The Hall–Kier alpha value is -3.08. The van der Waals surface area contributed by atoms with E-state index in [4.69, 9.17) is 22.1 Å². The number of aromatic nitrogens is 3. The predicted molar refractivity (Wildman–Crippen MR) is 151 cm³/mol. The van der Waals surface area contributed by atoms with Gasteiger partial charge in [-0.05, 0) is 47.8 Å². The van der Waals surface area contributed by atoms with Gasteiger partial charge in [-0.2, -0.15) is 0 Å². The van der Waals surface area contributed by atoms with Crippen molar-refractivity contribution in [3.63, 3.8) is 0 Å². The minimum Gasteiger partial charge on any atom is -0.455 e. The molecule has 12 heteroatoms. The Morgan fingerprint density at radius 2 is 1.97 bits per heavy atom. The molecule has 0 radical (unpaired) electrons. The van der Waals surface area contributed by atoms with Gasteiger partial charge in [-0.15, -0.1) is 36.2 Å². The number of hydrogen-bond acceptors (Lipinski definition) is 7. The molecule has 36 heavy (non-hydrogen) atoms. The molecule has 0 aliphatic rings. The lowest BCUT2D eigenvalue weighted by Crippen LogP contribution is -2.32. The summed E-state index contributed by atoms with van der Waals surface area (Å²) >= 11 is 8.23. The monoisotopic (exact) mass is 564 g/mol. The van der Waals surface area contributed by atoms with Gasteiger partial charge in [0.05, 0.1) is 17.1 Å². The van der Waals surface area contributed by atoms with Crippen LogP contribution in [0.25, 0.3) is 21.1 Å². The highest BCUT2D eigenvalue weighted by molar-refractivity contribution is 7.17. The first-order valence-corrected chi connectivity index (χ1v) is 11.9. The third kappa shape index (κ3) is 5.83. The number of nitrogens with one attached hydrogen (secondary N) is 2. The maximum atomic E-state index is 11.4. The molecule has 0 atom stereocenters. The van der Waals surface area contributed by atoms with Crippen LogP contribution in [0.4, 0.5) is 11.5 Å². The van der Waals surface area contributed by atoms with Crippen LogP contribution in [0.1, 0.15) is 0 Å². The standard InChI is InChI=1S/C24H21ClN6O2S.2ClH/c25-17-12-15(4-5-20(17)33-19-2-1-3-21-16(19)7-11-34-21)30-24-23-18(28-14-29-24)6-9-31(23)10-8-27-22(32)13-26;;/h1-7,9,11-12,14H,8,10,13,26H2,(H,27,32)(H,28,29,30);2*1H. The molecule has 5 aromatic rings. The van der Waals surface area contributed by atoms with Crippen LogP contribution in [0.15, 0.2) is 66.4 Å². The third-order valence-corrected chi connectivity index (χ3v) is 6.46. The van der Waals surface area contributed by atoms with Crippen LogP contribution >= 0.6 is 47.8 Å². The number of anilines is 2. The SMILES string of the molecule is Cl.Cl.NCC(=O)NCCn1ccc2ncnc(Nc3ccc(Oc4cccc5sccc45)c(Cl)c3)c21. The number of benzene rings is 2. The quantitative estimate of drug-likeness (QED) is 0.221. The van der Waals surface area contributed by atoms with Crippen molar-refractivity contribution in [1.82, 2.24) is 19.9 Å². The van der Waals surface area contributed by atoms with E-state index in [2.05, 4.69) is 26.7 Å². The maximum absolute atomic E-state index is 11.4. The molecule has 0 bridgehead atoms. The van der Waals surface area contributed by atoms with Gasteiger partial charge in [-0.25, -0.2) is 9.97 Å². The van der Waals surface area contributed by atoms with E-state index in [1.165, 1.54) is 6.33 Å². The second-order valence-electron chi connectivity index (χ2n) is 7.48. The molecular weight excluding hydrogens is 543 g/mol. The summed E-state index contributed by atoms with van der Waals surface area (Å²) < 4.78 is 9.25. The molecule has 8 nitrogen and oxygen atoms in total. The fraction of sp³-hybridized carbons (Fsp3) is 0.125. The summed E-state index contributed by atoms with van der Waals surface area (Å²) in [6.45, 7) is 0.965. The van der Waals surface area contributed by atoms with E-state index in [-0.39, 0.29) is 37.3 Å². The van der Waals surface area contributed by atoms with Gasteiger partial charge < -0.3 is 25.7 Å². The lowest BCUT2D eigenvalue weighted by Gasteiger charge is -2.13. The molecule has 0 saturated heterocycles. The Morgan fingerprint density at radius 3 is 2.78 bits per heavy atom. The van der Waals surface area contributed by atoms with E-state index < -0.39 is 0 Å². The largest absolute Gasteiger partial charge is 0.455 e.